The van der Waals surface area contributed by atoms with Gasteiger partial charge in [0.05, 0.1) is 0 Å². The van der Waals surface area contributed by atoms with Gasteiger partial charge in [0.1, 0.15) is 17.2 Å². The average Bonchev–Trinajstić information content (AvgIpc) is 2.67. The second-order valence-electron chi connectivity index (χ2n) is 7.71. The van der Waals surface area contributed by atoms with Gasteiger partial charge in [0.15, 0.2) is 5.82 Å². The minimum atomic E-state index is -0.0885. The van der Waals surface area contributed by atoms with Gasteiger partial charge in [-0.1, -0.05) is 48.3 Å². The standard InChI is InChI=1S/C20H25BI2N4O/c21-20(23)10-3-1-2-5-15(6-4-11-20)26-19(28)16-8-7-14(13-25-16)18-24-12-9-17(22)27-18/h7-9,12-13,15H,1-6,10-11,21H2,(H,26,28). The van der Waals surface area contributed by atoms with Gasteiger partial charge in [-0.25, -0.2) is 9.97 Å². The summed E-state index contributed by atoms with van der Waals surface area (Å²) in [5.74, 6) is 0.537. The van der Waals surface area contributed by atoms with Crippen LogP contribution in [0.3, 0.4) is 0 Å². The zero-order chi connectivity index (χ0) is 20.0. The predicted octanol–water partition coefficient (Wildman–Crippen LogP) is 4.14. The van der Waals surface area contributed by atoms with Crippen LogP contribution in [0.1, 0.15) is 61.9 Å². The molecule has 0 spiro atoms. The topological polar surface area (TPSA) is 67.8 Å². The van der Waals surface area contributed by atoms with E-state index < -0.39 is 0 Å². The number of nitrogens with one attached hydrogen (secondary N) is 1. The SMILES string of the molecule is BC1(I)CCCCCC(NC(=O)c2ccc(-c3nccc(I)n3)cn2)CCC1. The van der Waals surface area contributed by atoms with Crippen molar-refractivity contribution in [1.29, 1.82) is 0 Å². The number of hydrogen-bond donors (Lipinski definition) is 1. The number of aromatic nitrogens is 3. The lowest BCUT2D eigenvalue weighted by Crippen LogP contribution is -2.36. The van der Waals surface area contributed by atoms with Gasteiger partial charge in [0.2, 0.25) is 0 Å². The molecule has 1 saturated carbocycles. The number of amides is 1. The fourth-order valence-corrected chi connectivity index (χ4v) is 4.74. The van der Waals surface area contributed by atoms with Crippen LogP contribution in [0.2, 0.25) is 0 Å². The van der Waals surface area contributed by atoms with Gasteiger partial charge in [0, 0.05) is 24.0 Å². The minimum Gasteiger partial charge on any atom is -0.348 e. The molecular formula is C20H25BI2N4O. The summed E-state index contributed by atoms with van der Waals surface area (Å²) in [6.45, 7) is 0. The Balaban J connectivity index is 1.61. The van der Waals surface area contributed by atoms with E-state index in [2.05, 4.69) is 73.3 Å². The number of alkyl halides is 1. The Morgan fingerprint density at radius 1 is 1.11 bits per heavy atom. The third-order valence-electron chi connectivity index (χ3n) is 5.21. The van der Waals surface area contributed by atoms with E-state index in [0.29, 0.717) is 14.8 Å². The Kier molecular flexibility index (Phi) is 8.07. The first-order valence-electron chi connectivity index (χ1n) is 9.88. The van der Waals surface area contributed by atoms with Crippen molar-refractivity contribution in [1.82, 2.24) is 20.3 Å². The molecule has 1 amide bonds. The number of hydrogen-bond acceptors (Lipinski definition) is 4. The fourth-order valence-electron chi connectivity index (χ4n) is 3.59. The highest BCUT2D eigenvalue weighted by Gasteiger charge is 2.22. The Morgan fingerprint density at radius 3 is 2.64 bits per heavy atom. The lowest BCUT2D eigenvalue weighted by Gasteiger charge is -2.26. The number of nitrogens with zero attached hydrogens (tertiary/aromatic N) is 3. The maximum absolute atomic E-state index is 12.7. The van der Waals surface area contributed by atoms with Crippen molar-refractivity contribution in [3.8, 4) is 11.4 Å². The van der Waals surface area contributed by atoms with E-state index in [1.807, 2.05) is 12.1 Å². The molecule has 0 saturated heterocycles. The summed E-state index contributed by atoms with van der Waals surface area (Å²) < 4.78 is 1.27. The highest BCUT2D eigenvalue weighted by atomic mass is 127. The molecule has 28 heavy (non-hydrogen) atoms. The molecule has 0 bridgehead atoms. The summed E-state index contributed by atoms with van der Waals surface area (Å²) in [6, 6.07) is 5.70. The second-order valence-corrected chi connectivity index (χ2v) is 11.4. The van der Waals surface area contributed by atoms with Gasteiger partial charge < -0.3 is 5.32 Å². The molecule has 2 atom stereocenters. The number of halogens is 2. The summed E-state index contributed by atoms with van der Waals surface area (Å²) in [5, 5.41) is 3.21. The number of carbonyl (C=O) groups excluding carboxylic acids is 1. The van der Waals surface area contributed by atoms with E-state index in [-0.39, 0.29) is 11.9 Å². The van der Waals surface area contributed by atoms with Crippen LogP contribution in [0.4, 0.5) is 0 Å². The van der Waals surface area contributed by atoms with Crippen LogP contribution in [-0.2, 0) is 0 Å². The van der Waals surface area contributed by atoms with Crippen molar-refractivity contribution < 1.29 is 4.79 Å². The first kappa shape index (κ1) is 21.9. The average molecular weight is 602 g/mol. The molecule has 3 rings (SSSR count). The van der Waals surface area contributed by atoms with Crippen LogP contribution in [-0.4, -0.2) is 38.1 Å². The molecule has 0 aromatic carbocycles. The summed E-state index contributed by atoms with van der Waals surface area (Å²) in [4.78, 5) is 25.7. The van der Waals surface area contributed by atoms with Crippen LogP contribution >= 0.6 is 45.2 Å². The molecule has 2 unspecified atom stereocenters. The van der Waals surface area contributed by atoms with Gasteiger partial charge in [0.25, 0.3) is 5.91 Å². The van der Waals surface area contributed by atoms with Crippen molar-refractivity contribution in [2.75, 3.05) is 0 Å². The Morgan fingerprint density at radius 2 is 1.89 bits per heavy atom. The maximum Gasteiger partial charge on any atom is 0.270 e. The van der Waals surface area contributed by atoms with Gasteiger partial charge >= 0.3 is 0 Å². The Bertz CT molecular complexity index is 801. The normalized spacial score (nSPS) is 23.7. The van der Waals surface area contributed by atoms with Crippen molar-refractivity contribution >= 4 is 58.9 Å². The summed E-state index contributed by atoms with van der Waals surface area (Å²) in [5.41, 5.74) is 1.26. The maximum atomic E-state index is 12.7. The van der Waals surface area contributed by atoms with Gasteiger partial charge in [-0.15, -0.1) is 0 Å². The predicted molar refractivity (Wildman–Crippen MR) is 131 cm³/mol. The van der Waals surface area contributed by atoms with E-state index in [0.717, 1.165) is 28.5 Å². The molecular weight excluding hydrogens is 577 g/mol. The second kappa shape index (κ2) is 10.3. The van der Waals surface area contributed by atoms with Crippen molar-refractivity contribution in [2.45, 2.75) is 60.7 Å². The van der Waals surface area contributed by atoms with E-state index in [1.54, 1.807) is 18.5 Å². The Labute approximate surface area is 195 Å². The number of carbonyl (C=O) groups is 1. The van der Waals surface area contributed by atoms with Crippen molar-refractivity contribution in [2.24, 2.45) is 0 Å². The fraction of sp³-hybridized carbons (Fsp3) is 0.500. The third kappa shape index (κ3) is 6.64. The van der Waals surface area contributed by atoms with E-state index >= 15 is 0 Å². The smallest absolute Gasteiger partial charge is 0.270 e. The highest BCUT2D eigenvalue weighted by molar-refractivity contribution is 14.1. The summed E-state index contributed by atoms with van der Waals surface area (Å²) in [6.07, 6.45) is 12.9. The molecule has 0 aliphatic heterocycles. The zero-order valence-corrected chi connectivity index (χ0v) is 20.4. The number of pyridine rings is 1. The quantitative estimate of drug-likeness (QED) is 0.249. The van der Waals surface area contributed by atoms with Crippen LogP contribution in [0.15, 0.2) is 30.6 Å². The molecule has 0 radical (unpaired) electrons. The first-order chi connectivity index (χ1) is 13.4. The molecule has 148 valence electrons. The first-order valence-corrected chi connectivity index (χ1v) is 12.0. The van der Waals surface area contributed by atoms with E-state index in [4.69, 9.17) is 0 Å². The van der Waals surface area contributed by atoms with Crippen molar-refractivity contribution in [3.63, 3.8) is 0 Å². The number of rotatable bonds is 3. The zero-order valence-electron chi connectivity index (χ0n) is 16.1. The summed E-state index contributed by atoms with van der Waals surface area (Å²) >= 11 is 4.76. The van der Waals surface area contributed by atoms with Crippen molar-refractivity contribution in [3.05, 3.63) is 40.0 Å². The molecule has 1 N–H and O–H groups in total. The van der Waals surface area contributed by atoms with Gasteiger partial charge in [-0.05, 0) is 69.8 Å². The molecule has 1 aliphatic rings. The van der Waals surface area contributed by atoms with Crippen LogP contribution in [0, 0.1) is 3.70 Å². The third-order valence-corrected chi connectivity index (χ3v) is 6.89. The summed E-state index contributed by atoms with van der Waals surface area (Å²) in [7, 11) is 2.35. The molecule has 1 fully saturated rings. The monoisotopic (exact) mass is 602 g/mol. The van der Waals surface area contributed by atoms with Gasteiger partial charge in [-0.2, -0.15) is 0 Å². The van der Waals surface area contributed by atoms with Crippen LogP contribution in [0.5, 0.6) is 0 Å². The molecule has 8 heteroatoms. The lowest BCUT2D eigenvalue weighted by molar-refractivity contribution is 0.0926. The van der Waals surface area contributed by atoms with E-state index in [9.17, 15) is 4.79 Å². The largest absolute Gasteiger partial charge is 0.348 e. The Hall–Kier alpha value is -0.775. The van der Waals surface area contributed by atoms with Crippen LogP contribution < -0.4 is 5.32 Å². The minimum absolute atomic E-state index is 0.0885. The molecule has 2 aromatic rings. The highest BCUT2D eigenvalue weighted by Crippen LogP contribution is 2.30. The lowest BCUT2D eigenvalue weighted by atomic mass is 9.77. The molecule has 5 nitrogen and oxygen atoms in total. The van der Waals surface area contributed by atoms with Crippen LogP contribution in [0.25, 0.3) is 11.4 Å². The molecule has 2 heterocycles. The van der Waals surface area contributed by atoms with E-state index in [1.165, 1.54) is 32.1 Å². The molecule has 1 aliphatic carbocycles. The molecule has 2 aromatic heterocycles. The van der Waals surface area contributed by atoms with Gasteiger partial charge in [-0.3, -0.25) is 9.78 Å².